The van der Waals surface area contributed by atoms with E-state index in [1.165, 1.54) is 22.8 Å². The van der Waals surface area contributed by atoms with Crippen molar-refractivity contribution in [3.8, 4) is 0 Å². The van der Waals surface area contributed by atoms with Crippen LogP contribution >= 0.6 is 23.8 Å². The molecule has 2 heterocycles. The number of hydrogen-bond acceptors (Lipinski definition) is 7. The monoisotopic (exact) mass is 461 g/mol. The molecule has 0 saturated carbocycles. The van der Waals surface area contributed by atoms with Gasteiger partial charge < -0.3 is 11.1 Å². The normalized spacial score (nSPS) is 16.0. The highest BCUT2D eigenvalue weighted by Crippen LogP contribution is 2.27. The van der Waals surface area contributed by atoms with Gasteiger partial charge in [0.15, 0.2) is 11.6 Å². The van der Waals surface area contributed by atoms with Gasteiger partial charge in [0.05, 0.1) is 27.3 Å². The van der Waals surface area contributed by atoms with Crippen molar-refractivity contribution < 1.29 is 17.2 Å². The van der Waals surface area contributed by atoms with E-state index in [0.717, 1.165) is 6.07 Å². The molecule has 3 N–H and O–H groups in total. The van der Waals surface area contributed by atoms with Crippen molar-refractivity contribution in [1.82, 2.24) is 14.3 Å². The number of nitrogens with two attached hydrogens (primary N) is 1. The maximum absolute atomic E-state index is 14.1. The first-order chi connectivity index (χ1) is 13.6. The Morgan fingerprint density at radius 1 is 1.34 bits per heavy atom. The smallest absolute Gasteiger partial charge is 0.224 e. The van der Waals surface area contributed by atoms with E-state index in [9.17, 15) is 17.2 Å². The summed E-state index contributed by atoms with van der Waals surface area (Å²) in [7, 11) is -3.21. The molecule has 12 heteroatoms. The van der Waals surface area contributed by atoms with E-state index in [-0.39, 0.29) is 38.8 Å². The molecule has 1 aromatic heterocycles. The van der Waals surface area contributed by atoms with Crippen LogP contribution in [0.15, 0.2) is 18.3 Å². The van der Waals surface area contributed by atoms with E-state index in [4.69, 9.17) is 29.6 Å². The number of nitrogen functional groups attached to an aromatic ring is 1. The van der Waals surface area contributed by atoms with Crippen LogP contribution in [0.25, 0.3) is 0 Å². The number of halogens is 3. The Morgan fingerprint density at radius 2 is 2.00 bits per heavy atom. The largest absolute Gasteiger partial charge is 0.383 e. The minimum atomic E-state index is -3.21. The predicted molar refractivity (Wildman–Crippen MR) is 112 cm³/mol. The molecule has 1 fully saturated rings. The van der Waals surface area contributed by atoms with Gasteiger partial charge in [-0.3, -0.25) is 0 Å². The second kappa shape index (κ2) is 8.42. The van der Waals surface area contributed by atoms with Gasteiger partial charge in [-0.2, -0.15) is 4.98 Å². The Balaban J connectivity index is 1.75. The topological polar surface area (TPSA) is 101 Å². The third-order valence-electron chi connectivity index (χ3n) is 4.59. The maximum atomic E-state index is 14.1. The van der Waals surface area contributed by atoms with E-state index in [2.05, 4.69) is 15.3 Å². The summed E-state index contributed by atoms with van der Waals surface area (Å²) in [6, 6.07) is 2.09. The average molecular weight is 462 g/mol. The summed E-state index contributed by atoms with van der Waals surface area (Å²) in [5, 5.41) is 3.06. The van der Waals surface area contributed by atoms with Gasteiger partial charge in [0.2, 0.25) is 16.0 Å². The van der Waals surface area contributed by atoms with E-state index < -0.39 is 21.7 Å². The Morgan fingerprint density at radius 3 is 2.59 bits per heavy atom. The maximum Gasteiger partial charge on any atom is 0.224 e. The lowest BCUT2D eigenvalue weighted by Crippen LogP contribution is -2.42. The van der Waals surface area contributed by atoms with Crippen LogP contribution in [-0.2, 0) is 10.0 Å². The van der Waals surface area contributed by atoms with Crippen molar-refractivity contribution in [2.45, 2.75) is 18.9 Å². The zero-order chi connectivity index (χ0) is 21.3. The van der Waals surface area contributed by atoms with Gasteiger partial charge in [0.25, 0.3) is 0 Å². The molecule has 156 valence electrons. The fourth-order valence-corrected chi connectivity index (χ4v) is 4.55. The first-order valence-corrected chi connectivity index (χ1v) is 11.2. The molecule has 3 rings (SSSR count). The Bertz CT molecular complexity index is 1060. The molecule has 1 aliphatic rings. The Labute approximate surface area is 177 Å². The van der Waals surface area contributed by atoms with Crippen LogP contribution in [-0.4, -0.2) is 52.9 Å². The van der Waals surface area contributed by atoms with Crippen molar-refractivity contribution in [1.29, 1.82) is 0 Å². The molecule has 0 radical (unpaired) electrons. The summed E-state index contributed by atoms with van der Waals surface area (Å²) in [5.41, 5.74) is 5.84. The third kappa shape index (κ3) is 4.80. The number of aromatic nitrogens is 2. The molecule has 2 aromatic rings. The lowest BCUT2D eigenvalue weighted by Gasteiger charge is -2.30. The first-order valence-electron chi connectivity index (χ1n) is 8.60. The molecule has 1 aromatic carbocycles. The highest BCUT2D eigenvalue weighted by atomic mass is 35.5. The molecule has 1 aliphatic heterocycles. The van der Waals surface area contributed by atoms with Crippen molar-refractivity contribution >= 4 is 50.5 Å². The quantitative estimate of drug-likeness (QED) is 0.401. The van der Waals surface area contributed by atoms with E-state index in [1.807, 2.05) is 0 Å². The summed E-state index contributed by atoms with van der Waals surface area (Å²) < 4.78 is 52.3. The summed E-state index contributed by atoms with van der Waals surface area (Å²) in [6.45, 7) is 0.789. The van der Waals surface area contributed by atoms with Gasteiger partial charge in [-0.05, 0) is 25.0 Å². The third-order valence-corrected chi connectivity index (χ3v) is 6.63. The van der Waals surface area contributed by atoms with Crippen molar-refractivity contribution in [2.75, 3.05) is 30.4 Å². The van der Waals surface area contributed by atoms with Crippen LogP contribution < -0.4 is 11.1 Å². The standard InChI is InChI=1S/C17H18ClF2N5O2S2/c1-29(26,27)25-6-4-9(5-7-25)23-17-22-8-10(16(21)24-17)15(28)13-11(18)2-3-12(19)14(13)20/h2-3,8-9H,4-7H2,1H3,(H3,21,22,23,24). The van der Waals surface area contributed by atoms with Crippen LogP contribution in [0, 0.1) is 11.6 Å². The first kappa shape index (κ1) is 21.8. The highest BCUT2D eigenvalue weighted by molar-refractivity contribution is 7.88. The number of anilines is 2. The number of benzene rings is 1. The predicted octanol–water partition coefficient (Wildman–Crippen LogP) is 2.59. The zero-order valence-electron chi connectivity index (χ0n) is 15.3. The molecule has 7 nitrogen and oxygen atoms in total. The SMILES string of the molecule is CS(=O)(=O)N1CCC(Nc2ncc(C(=S)c3c(Cl)ccc(F)c3F)c(N)n2)CC1. The van der Waals surface area contributed by atoms with Crippen LogP contribution in [0.1, 0.15) is 24.0 Å². The van der Waals surface area contributed by atoms with Crippen LogP contribution in [0.4, 0.5) is 20.5 Å². The number of nitrogens with zero attached hydrogens (tertiary/aromatic N) is 3. The second-order valence-electron chi connectivity index (χ2n) is 6.62. The average Bonchev–Trinajstić information content (AvgIpc) is 2.65. The van der Waals surface area contributed by atoms with Crippen LogP contribution in [0.5, 0.6) is 0 Å². The molecule has 0 atom stereocenters. The summed E-state index contributed by atoms with van der Waals surface area (Å²) in [4.78, 5) is 8.19. The molecular formula is C17H18ClF2N5O2S2. The Hall–Kier alpha value is -1.95. The summed E-state index contributed by atoms with van der Waals surface area (Å²) >= 11 is 11.2. The number of rotatable bonds is 5. The van der Waals surface area contributed by atoms with Gasteiger partial charge in [-0.25, -0.2) is 26.5 Å². The lowest BCUT2D eigenvalue weighted by atomic mass is 10.1. The summed E-state index contributed by atoms with van der Waals surface area (Å²) in [5.74, 6) is -2.02. The van der Waals surface area contributed by atoms with E-state index >= 15 is 0 Å². The Kier molecular flexibility index (Phi) is 6.32. The number of nitrogens with one attached hydrogen (secondary N) is 1. The number of sulfonamides is 1. The molecule has 1 saturated heterocycles. The highest BCUT2D eigenvalue weighted by Gasteiger charge is 2.26. The second-order valence-corrected chi connectivity index (χ2v) is 9.42. The molecule has 0 bridgehead atoms. The molecule has 0 aliphatic carbocycles. The van der Waals surface area contributed by atoms with Crippen LogP contribution in [0.3, 0.4) is 0 Å². The fourth-order valence-electron chi connectivity index (χ4n) is 3.02. The number of thiocarbonyl (C=S) groups is 1. The van der Waals surface area contributed by atoms with Gasteiger partial charge in [-0.1, -0.05) is 23.8 Å². The van der Waals surface area contributed by atoms with Gasteiger partial charge in [-0.15, -0.1) is 0 Å². The minimum Gasteiger partial charge on any atom is -0.383 e. The van der Waals surface area contributed by atoms with Gasteiger partial charge >= 0.3 is 0 Å². The van der Waals surface area contributed by atoms with E-state index in [1.54, 1.807) is 0 Å². The molecule has 0 amide bonds. The molecule has 29 heavy (non-hydrogen) atoms. The van der Waals surface area contributed by atoms with Crippen molar-refractivity contribution in [2.24, 2.45) is 0 Å². The minimum absolute atomic E-state index is 0.0131. The molecule has 0 spiro atoms. The lowest BCUT2D eigenvalue weighted by molar-refractivity contribution is 0.331. The molecule has 0 unspecified atom stereocenters. The summed E-state index contributed by atoms with van der Waals surface area (Å²) in [6.07, 6.45) is 3.67. The fraction of sp³-hybridized carbons (Fsp3) is 0.353. The van der Waals surface area contributed by atoms with Gasteiger partial charge in [0, 0.05) is 25.3 Å². The van der Waals surface area contributed by atoms with Crippen molar-refractivity contribution in [3.05, 3.63) is 46.1 Å². The van der Waals surface area contributed by atoms with Crippen LogP contribution in [0.2, 0.25) is 5.02 Å². The zero-order valence-corrected chi connectivity index (χ0v) is 17.7. The van der Waals surface area contributed by atoms with Crippen molar-refractivity contribution in [3.63, 3.8) is 0 Å². The van der Waals surface area contributed by atoms with E-state index in [0.29, 0.717) is 25.9 Å². The van der Waals surface area contributed by atoms with Gasteiger partial charge in [0.1, 0.15) is 5.82 Å². The number of hydrogen-bond donors (Lipinski definition) is 2. The number of piperidine rings is 1. The molecular weight excluding hydrogens is 444 g/mol.